The summed E-state index contributed by atoms with van der Waals surface area (Å²) in [6.45, 7) is 6.88. The first-order valence-corrected chi connectivity index (χ1v) is 9.06. The van der Waals surface area contributed by atoms with Gasteiger partial charge >= 0.3 is 0 Å². The van der Waals surface area contributed by atoms with Crippen molar-refractivity contribution >= 4 is 11.3 Å². The lowest BCUT2D eigenvalue weighted by Gasteiger charge is -2.39. The molecule has 1 saturated heterocycles. The first kappa shape index (κ1) is 14.5. The van der Waals surface area contributed by atoms with Gasteiger partial charge in [0, 0.05) is 49.7 Å². The second-order valence-electron chi connectivity index (χ2n) is 6.39. The second-order valence-corrected chi connectivity index (χ2v) is 7.33. The van der Waals surface area contributed by atoms with Crippen molar-refractivity contribution < 1.29 is 0 Å². The van der Waals surface area contributed by atoms with Crippen LogP contribution in [0.2, 0.25) is 0 Å². The largest absolute Gasteiger partial charge is 0.311 e. The van der Waals surface area contributed by atoms with Crippen LogP contribution < -0.4 is 5.32 Å². The molecule has 0 aromatic carbocycles. The fourth-order valence-corrected chi connectivity index (χ4v) is 4.43. The summed E-state index contributed by atoms with van der Waals surface area (Å²) in [6, 6.07) is 0.738. The van der Waals surface area contributed by atoms with E-state index in [-0.39, 0.29) is 0 Å². The van der Waals surface area contributed by atoms with Gasteiger partial charge in [0.25, 0.3) is 0 Å². The minimum atomic E-state index is 0.738. The Kier molecular flexibility index (Phi) is 5.08. The Balaban J connectivity index is 1.47. The molecule has 2 heterocycles. The molecule has 1 aromatic rings. The van der Waals surface area contributed by atoms with Crippen LogP contribution in [0.15, 0.2) is 5.38 Å². The van der Waals surface area contributed by atoms with Crippen LogP contribution in [-0.4, -0.2) is 42.1 Å². The number of rotatable bonds is 4. The summed E-state index contributed by atoms with van der Waals surface area (Å²) in [6.07, 6.45) is 8.35. The monoisotopic (exact) mass is 293 g/mol. The maximum atomic E-state index is 4.58. The Bertz CT molecular complexity index is 412. The van der Waals surface area contributed by atoms with Gasteiger partial charge in [-0.3, -0.25) is 0 Å². The molecule has 0 radical (unpaired) electrons. The Labute approximate surface area is 126 Å². The van der Waals surface area contributed by atoms with Gasteiger partial charge < -0.3 is 10.2 Å². The van der Waals surface area contributed by atoms with Crippen molar-refractivity contribution in [3.05, 3.63) is 16.1 Å². The van der Waals surface area contributed by atoms with Crippen LogP contribution in [-0.2, 0) is 6.42 Å². The van der Waals surface area contributed by atoms with Gasteiger partial charge in [0.1, 0.15) is 0 Å². The van der Waals surface area contributed by atoms with Crippen LogP contribution in [0.1, 0.15) is 42.8 Å². The summed E-state index contributed by atoms with van der Waals surface area (Å²) in [4.78, 5) is 7.23. The van der Waals surface area contributed by atoms with Crippen molar-refractivity contribution in [3.8, 4) is 0 Å². The lowest BCUT2D eigenvalue weighted by molar-refractivity contribution is 0.147. The molecule has 1 aromatic heterocycles. The van der Waals surface area contributed by atoms with Crippen molar-refractivity contribution in [2.75, 3.05) is 26.2 Å². The highest BCUT2D eigenvalue weighted by molar-refractivity contribution is 7.09. The quantitative estimate of drug-likeness (QED) is 0.925. The van der Waals surface area contributed by atoms with Gasteiger partial charge in [-0.05, 0) is 25.7 Å². The van der Waals surface area contributed by atoms with E-state index >= 15 is 0 Å². The zero-order chi connectivity index (χ0) is 13.8. The zero-order valence-corrected chi connectivity index (χ0v) is 13.4. The van der Waals surface area contributed by atoms with E-state index in [2.05, 4.69) is 27.5 Å². The fourth-order valence-electron chi connectivity index (χ4n) is 3.67. The molecule has 1 unspecified atom stereocenters. The van der Waals surface area contributed by atoms with Gasteiger partial charge in [0.15, 0.2) is 0 Å². The van der Waals surface area contributed by atoms with Crippen molar-refractivity contribution in [2.45, 2.75) is 51.5 Å². The molecule has 20 heavy (non-hydrogen) atoms. The van der Waals surface area contributed by atoms with E-state index in [9.17, 15) is 0 Å². The van der Waals surface area contributed by atoms with Crippen LogP contribution in [0.25, 0.3) is 0 Å². The van der Waals surface area contributed by atoms with Gasteiger partial charge in [-0.25, -0.2) is 4.98 Å². The number of piperazine rings is 1. The van der Waals surface area contributed by atoms with Crippen molar-refractivity contribution in [3.63, 3.8) is 0 Å². The molecule has 3 nitrogen and oxygen atoms in total. The zero-order valence-electron chi connectivity index (χ0n) is 12.6. The van der Waals surface area contributed by atoms with E-state index in [4.69, 9.17) is 0 Å². The second kappa shape index (κ2) is 7.01. The average Bonchev–Trinajstić information content (AvgIpc) is 2.92. The minimum absolute atomic E-state index is 0.738. The van der Waals surface area contributed by atoms with Crippen LogP contribution >= 0.6 is 11.3 Å². The SMILES string of the molecule is Cc1csc(CCN2CCNC(C3CCCCC3)C2)n1. The molecule has 0 spiro atoms. The first-order valence-electron chi connectivity index (χ1n) is 8.18. The summed E-state index contributed by atoms with van der Waals surface area (Å²) < 4.78 is 0. The molecule has 1 aliphatic heterocycles. The number of nitrogens with zero attached hydrogens (tertiary/aromatic N) is 2. The number of aryl methyl sites for hydroxylation is 1. The number of hydrogen-bond donors (Lipinski definition) is 1. The molecule has 1 saturated carbocycles. The molecule has 4 heteroatoms. The van der Waals surface area contributed by atoms with E-state index in [1.54, 1.807) is 0 Å². The summed E-state index contributed by atoms with van der Waals surface area (Å²) in [5.41, 5.74) is 1.17. The lowest BCUT2D eigenvalue weighted by atomic mass is 9.83. The van der Waals surface area contributed by atoms with E-state index < -0.39 is 0 Å². The molecular formula is C16H27N3S. The minimum Gasteiger partial charge on any atom is -0.311 e. The summed E-state index contributed by atoms with van der Waals surface area (Å²) in [5.74, 6) is 0.925. The highest BCUT2D eigenvalue weighted by atomic mass is 32.1. The molecule has 0 amide bonds. The van der Waals surface area contributed by atoms with Gasteiger partial charge in [0.2, 0.25) is 0 Å². The molecule has 3 rings (SSSR count). The molecule has 112 valence electrons. The Morgan fingerprint density at radius 2 is 2.20 bits per heavy atom. The average molecular weight is 293 g/mol. The third-order valence-electron chi connectivity index (χ3n) is 4.82. The molecule has 1 N–H and O–H groups in total. The van der Waals surface area contributed by atoms with Crippen LogP contribution in [0.3, 0.4) is 0 Å². The van der Waals surface area contributed by atoms with Gasteiger partial charge in [-0.1, -0.05) is 19.3 Å². The van der Waals surface area contributed by atoms with E-state index in [1.165, 1.54) is 62.4 Å². The molecular weight excluding hydrogens is 266 g/mol. The van der Waals surface area contributed by atoms with Crippen LogP contribution in [0.4, 0.5) is 0 Å². The maximum absolute atomic E-state index is 4.58. The van der Waals surface area contributed by atoms with E-state index in [0.29, 0.717) is 0 Å². The molecule has 0 bridgehead atoms. The Morgan fingerprint density at radius 1 is 1.35 bits per heavy atom. The summed E-state index contributed by atoms with van der Waals surface area (Å²) in [5, 5.41) is 7.23. The summed E-state index contributed by atoms with van der Waals surface area (Å²) in [7, 11) is 0. The highest BCUT2D eigenvalue weighted by Crippen LogP contribution is 2.27. The third-order valence-corrected chi connectivity index (χ3v) is 5.84. The predicted octanol–water partition coefficient (Wildman–Crippen LogP) is 2.85. The maximum Gasteiger partial charge on any atom is 0.0940 e. The molecule has 1 aliphatic carbocycles. The number of nitrogens with one attached hydrogen (secondary N) is 1. The first-order chi connectivity index (χ1) is 9.81. The smallest absolute Gasteiger partial charge is 0.0940 e. The van der Waals surface area contributed by atoms with Crippen molar-refractivity contribution in [1.29, 1.82) is 0 Å². The topological polar surface area (TPSA) is 28.2 Å². The Hall–Kier alpha value is -0.450. The van der Waals surface area contributed by atoms with Gasteiger partial charge in [0.05, 0.1) is 5.01 Å². The number of thiazole rings is 1. The third kappa shape index (κ3) is 3.80. The van der Waals surface area contributed by atoms with Gasteiger partial charge in [-0.15, -0.1) is 11.3 Å². The molecule has 2 fully saturated rings. The van der Waals surface area contributed by atoms with E-state index in [0.717, 1.165) is 24.9 Å². The van der Waals surface area contributed by atoms with Crippen LogP contribution in [0, 0.1) is 12.8 Å². The number of aromatic nitrogens is 1. The van der Waals surface area contributed by atoms with Crippen LogP contribution in [0.5, 0.6) is 0 Å². The van der Waals surface area contributed by atoms with Crippen molar-refractivity contribution in [2.24, 2.45) is 5.92 Å². The van der Waals surface area contributed by atoms with E-state index in [1.807, 2.05) is 11.3 Å². The number of hydrogen-bond acceptors (Lipinski definition) is 4. The molecule has 1 atom stereocenters. The standard InChI is InChI=1S/C16H27N3S/c1-13-12-20-16(18-13)7-9-19-10-8-17-15(11-19)14-5-3-2-4-6-14/h12,14-15,17H,2-11H2,1H3. The van der Waals surface area contributed by atoms with Crippen molar-refractivity contribution in [1.82, 2.24) is 15.2 Å². The predicted molar refractivity (Wildman–Crippen MR) is 85.4 cm³/mol. The highest BCUT2D eigenvalue weighted by Gasteiger charge is 2.27. The van der Waals surface area contributed by atoms with Gasteiger partial charge in [-0.2, -0.15) is 0 Å². The Morgan fingerprint density at radius 3 is 2.95 bits per heavy atom. The fraction of sp³-hybridized carbons (Fsp3) is 0.812. The molecule has 2 aliphatic rings. The lowest BCUT2D eigenvalue weighted by Crippen LogP contribution is -2.54. The summed E-state index contributed by atoms with van der Waals surface area (Å²) >= 11 is 1.81. The normalized spacial score (nSPS) is 25.9.